The van der Waals surface area contributed by atoms with E-state index < -0.39 is 0 Å². The molecular formula is C6H11NOS. The van der Waals surface area contributed by atoms with Gasteiger partial charge < -0.3 is 5.32 Å². The van der Waals surface area contributed by atoms with Crippen molar-refractivity contribution in [1.29, 1.82) is 0 Å². The van der Waals surface area contributed by atoms with Crippen molar-refractivity contribution < 1.29 is 4.79 Å². The summed E-state index contributed by atoms with van der Waals surface area (Å²) in [5.74, 6) is 0. The number of carbonyl (C=O) groups excluding carboxylic acids is 1. The van der Waals surface area contributed by atoms with Crippen LogP contribution >= 0.6 is 12.6 Å². The van der Waals surface area contributed by atoms with Crippen LogP contribution < -0.4 is 5.32 Å². The fraction of sp³-hybridized carbons (Fsp3) is 0.833. The van der Waals surface area contributed by atoms with Gasteiger partial charge in [0.2, 0.25) is 0 Å². The van der Waals surface area contributed by atoms with Crippen LogP contribution in [0.1, 0.15) is 25.7 Å². The zero-order chi connectivity index (χ0) is 6.69. The Hall–Kier alpha value is -0.180. The Morgan fingerprint density at radius 2 is 2.00 bits per heavy atom. The van der Waals surface area contributed by atoms with E-state index in [0.29, 0.717) is 6.04 Å². The van der Waals surface area contributed by atoms with Gasteiger partial charge in [-0.3, -0.25) is 4.79 Å². The maximum Gasteiger partial charge on any atom is 0.276 e. The highest BCUT2D eigenvalue weighted by atomic mass is 32.1. The van der Waals surface area contributed by atoms with Crippen molar-refractivity contribution in [3.8, 4) is 0 Å². The molecule has 1 amide bonds. The standard InChI is InChI=1S/C6H11NOS/c8-6(9)7-5-3-1-2-4-5/h5H,1-4H2,(H2,7,8,9). The molecule has 9 heavy (non-hydrogen) atoms. The Morgan fingerprint density at radius 1 is 1.44 bits per heavy atom. The van der Waals surface area contributed by atoms with Crippen LogP contribution in [0.5, 0.6) is 0 Å². The van der Waals surface area contributed by atoms with E-state index in [9.17, 15) is 4.79 Å². The number of hydrogen-bond donors (Lipinski definition) is 2. The van der Waals surface area contributed by atoms with Crippen LogP contribution in [-0.2, 0) is 0 Å². The zero-order valence-corrected chi connectivity index (χ0v) is 6.16. The van der Waals surface area contributed by atoms with E-state index >= 15 is 0 Å². The van der Waals surface area contributed by atoms with E-state index in [-0.39, 0.29) is 5.24 Å². The molecule has 52 valence electrons. The molecule has 0 aromatic rings. The van der Waals surface area contributed by atoms with E-state index in [1.54, 1.807) is 0 Å². The van der Waals surface area contributed by atoms with Crippen molar-refractivity contribution in [2.75, 3.05) is 0 Å². The molecule has 0 spiro atoms. The fourth-order valence-electron chi connectivity index (χ4n) is 1.24. The van der Waals surface area contributed by atoms with Gasteiger partial charge in [0.15, 0.2) is 0 Å². The first-order valence-corrected chi connectivity index (χ1v) is 3.73. The number of amides is 1. The van der Waals surface area contributed by atoms with Crippen LogP contribution in [-0.4, -0.2) is 11.3 Å². The van der Waals surface area contributed by atoms with Crippen molar-refractivity contribution in [3.05, 3.63) is 0 Å². The average Bonchev–Trinajstić information content (AvgIpc) is 2.15. The molecule has 3 heteroatoms. The maximum absolute atomic E-state index is 10.4. The molecule has 1 rings (SSSR count). The third-order valence-corrected chi connectivity index (χ3v) is 1.81. The Kier molecular flexibility index (Phi) is 2.39. The summed E-state index contributed by atoms with van der Waals surface area (Å²) in [6.45, 7) is 0. The number of carbonyl (C=O) groups is 1. The highest BCUT2D eigenvalue weighted by Gasteiger charge is 2.14. The quantitative estimate of drug-likeness (QED) is 0.539. The molecule has 1 saturated carbocycles. The minimum absolute atomic E-state index is 0.193. The lowest BCUT2D eigenvalue weighted by molar-refractivity contribution is 0.258. The second-order valence-electron chi connectivity index (χ2n) is 2.43. The Bertz CT molecular complexity index is 110. The topological polar surface area (TPSA) is 29.1 Å². The molecular weight excluding hydrogens is 134 g/mol. The summed E-state index contributed by atoms with van der Waals surface area (Å²) in [4.78, 5) is 10.4. The van der Waals surface area contributed by atoms with Crippen LogP contribution in [0.3, 0.4) is 0 Å². The van der Waals surface area contributed by atoms with Gasteiger partial charge in [-0.1, -0.05) is 25.5 Å². The van der Waals surface area contributed by atoms with Gasteiger partial charge in [0.05, 0.1) is 0 Å². The SMILES string of the molecule is O=C(S)NC1CCCC1. The summed E-state index contributed by atoms with van der Waals surface area (Å²) in [5, 5.41) is 2.57. The molecule has 0 aliphatic heterocycles. The monoisotopic (exact) mass is 145 g/mol. The van der Waals surface area contributed by atoms with Gasteiger partial charge in [-0.2, -0.15) is 0 Å². The van der Waals surface area contributed by atoms with Crippen molar-refractivity contribution in [1.82, 2.24) is 5.32 Å². The molecule has 1 fully saturated rings. The molecule has 0 heterocycles. The number of hydrogen-bond acceptors (Lipinski definition) is 1. The predicted molar refractivity (Wildman–Crippen MR) is 39.8 cm³/mol. The molecule has 1 N–H and O–H groups in total. The van der Waals surface area contributed by atoms with Crippen LogP contribution in [0.2, 0.25) is 0 Å². The summed E-state index contributed by atoms with van der Waals surface area (Å²) in [5.41, 5.74) is 0. The zero-order valence-electron chi connectivity index (χ0n) is 5.26. The molecule has 2 nitrogen and oxygen atoms in total. The van der Waals surface area contributed by atoms with E-state index in [4.69, 9.17) is 0 Å². The van der Waals surface area contributed by atoms with Gasteiger partial charge >= 0.3 is 0 Å². The van der Waals surface area contributed by atoms with Gasteiger partial charge in [-0.15, -0.1) is 0 Å². The third kappa shape index (κ3) is 2.26. The Morgan fingerprint density at radius 3 is 2.44 bits per heavy atom. The lowest BCUT2D eigenvalue weighted by atomic mass is 10.3. The van der Waals surface area contributed by atoms with Gasteiger partial charge in [0, 0.05) is 6.04 Å². The van der Waals surface area contributed by atoms with E-state index in [1.165, 1.54) is 12.8 Å². The van der Waals surface area contributed by atoms with Crippen molar-refractivity contribution in [3.63, 3.8) is 0 Å². The lowest BCUT2D eigenvalue weighted by Crippen LogP contribution is -2.27. The largest absolute Gasteiger partial charge is 0.344 e. The maximum atomic E-state index is 10.4. The van der Waals surface area contributed by atoms with E-state index in [1.807, 2.05) is 0 Å². The van der Waals surface area contributed by atoms with E-state index in [2.05, 4.69) is 17.9 Å². The number of nitrogens with one attached hydrogen (secondary N) is 1. The second kappa shape index (κ2) is 3.11. The molecule has 0 saturated heterocycles. The van der Waals surface area contributed by atoms with Crippen molar-refractivity contribution in [2.24, 2.45) is 0 Å². The first-order valence-electron chi connectivity index (χ1n) is 3.28. The van der Waals surface area contributed by atoms with Gasteiger partial charge in [-0.05, 0) is 12.8 Å². The van der Waals surface area contributed by atoms with Crippen molar-refractivity contribution >= 4 is 17.9 Å². The Balaban J connectivity index is 2.19. The van der Waals surface area contributed by atoms with Crippen LogP contribution in [0.4, 0.5) is 4.79 Å². The fourth-order valence-corrected chi connectivity index (χ4v) is 1.43. The molecule has 0 bridgehead atoms. The first kappa shape index (κ1) is 6.93. The normalized spacial score (nSPS) is 20.1. The summed E-state index contributed by atoms with van der Waals surface area (Å²) in [6, 6.07) is 0.412. The first-order chi connectivity index (χ1) is 4.29. The molecule has 0 radical (unpaired) electrons. The molecule has 1 aliphatic carbocycles. The minimum atomic E-state index is -0.193. The minimum Gasteiger partial charge on any atom is -0.344 e. The highest BCUT2D eigenvalue weighted by molar-refractivity contribution is 7.96. The van der Waals surface area contributed by atoms with E-state index in [0.717, 1.165) is 12.8 Å². The summed E-state index contributed by atoms with van der Waals surface area (Å²) < 4.78 is 0. The van der Waals surface area contributed by atoms with Gasteiger partial charge in [0.1, 0.15) is 0 Å². The highest BCUT2D eigenvalue weighted by Crippen LogP contribution is 2.17. The molecule has 1 aliphatic rings. The second-order valence-corrected chi connectivity index (χ2v) is 2.84. The van der Waals surface area contributed by atoms with Crippen LogP contribution in [0.25, 0.3) is 0 Å². The smallest absolute Gasteiger partial charge is 0.276 e. The predicted octanol–water partition coefficient (Wildman–Crippen LogP) is 1.57. The summed E-state index contributed by atoms with van der Waals surface area (Å²) >= 11 is 3.62. The average molecular weight is 145 g/mol. The molecule has 0 aromatic carbocycles. The summed E-state index contributed by atoms with van der Waals surface area (Å²) in [7, 11) is 0. The number of thiol groups is 1. The van der Waals surface area contributed by atoms with Crippen LogP contribution in [0.15, 0.2) is 0 Å². The molecule has 0 atom stereocenters. The number of rotatable bonds is 1. The third-order valence-electron chi connectivity index (χ3n) is 1.68. The molecule has 0 unspecified atom stereocenters. The van der Waals surface area contributed by atoms with Crippen molar-refractivity contribution in [2.45, 2.75) is 31.7 Å². The lowest BCUT2D eigenvalue weighted by Gasteiger charge is -2.07. The summed E-state index contributed by atoms with van der Waals surface area (Å²) in [6.07, 6.45) is 4.76. The van der Waals surface area contributed by atoms with Crippen LogP contribution in [0, 0.1) is 0 Å². The van der Waals surface area contributed by atoms with Gasteiger partial charge in [-0.25, -0.2) is 0 Å². The van der Waals surface area contributed by atoms with Gasteiger partial charge in [0.25, 0.3) is 5.24 Å². The molecule has 0 aromatic heterocycles. The Labute approximate surface area is 60.4 Å².